The Hall–Kier alpha value is -0.120. The van der Waals surface area contributed by atoms with E-state index < -0.39 is 0 Å². The second-order valence-corrected chi connectivity index (χ2v) is 3.49. The van der Waals surface area contributed by atoms with Crippen LogP contribution in [0.25, 0.3) is 0 Å². The Kier molecular flexibility index (Phi) is 4.00. The molecular weight excluding hydrogens is 140 g/mol. The molecule has 0 aromatic heterocycles. The van der Waals surface area contributed by atoms with Crippen LogP contribution in [0.1, 0.15) is 27.7 Å². The smallest absolute Gasteiger partial charge is 0.0193 e. The summed E-state index contributed by atoms with van der Waals surface area (Å²) < 4.78 is 0. The number of hydrogen-bond donors (Lipinski definition) is 2. The van der Waals surface area contributed by atoms with Crippen LogP contribution in [0.5, 0.6) is 0 Å². The Labute approximate surface area is 68.9 Å². The van der Waals surface area contributed by atoms with Gasteiger partial charge >= 0.3 is 0 Å². The van der Waals surface area contributed by atoms with E-state index in [2.05, 4.69) is 38.3 Å². The fourth-order valence-corrected chi connectivity index (χ4v) is 1.41. The predicted molar refractivity (Wildman–Crippen MR) is 47.7 cm³/mol. The minimum atomic E-state index is 0. The zero-order valence-corrected chi connectivity index (χ0v) is 7.81. The van der Waals surface area contributed by atoms with Gasteiger partial charge in [0.25, 0.3) is 0 Å². The van der Waals surface area contributed by atoms with Gasteiger partial charge in [-0.3, -0.25) is 0 Å². The zero-order valence-electron chi connectivity index (χ0n) is 7.81. The van der Waals surface area contributed by atoms with E-state index in [9.17, 15) is 0 Å². The molecule has 4 N–H and O–H groups in total. The van der Waals surface area contributed by atoms with E-state index in [0.29, 0.717) is 24.2 Å². The van der Waals surface area contributed by atoms with Crippen LogP contribution in [0.2, 0.25) is 0 Å². The van der Waals surface area contributed by atoms with Gasteiger partial charge < -0.3 is 16.1 Å². The second-order valence-electron chi connectivity index (χ2n) is 3.49. The first kappa shape index (κ1) is 10.9. The Bertz CT molecular complexity index is 92.7. The normalized spacial score (nSPS) is 44.7. The van der Waals surface area contributed by atoms with Crippen LogP contribution in [0.15, 0.2) is 0 Å². The highest BCUT2D eigenvalue weighted by molar-refractivity contribution is 4.89. The standard InChI is InChI=1S/C8H18N2.H2O/c1-5-6(2)10-8(4)7(3)9-5;/h5-10H,1-4H3;1H2. The summed E-state index contributed by atoms with van der Waals surface area (Å²) in [6.45, 7) is 8.89. The molecule has 0 aromatic rings. The molecule has 0 saturated carbocycles. The van der Waals surface area contributed by atoms with E-state index in [0.717, 1.165) is 0 Å². The molecule has 1 aliphatic heterocycles. The highest BCUT2D eigenvalue weighted by atomic mass is 16.0. The van der Waals surface area contributed by atoms with Crippen LogP contribution in [-0.4, -0.2) is 29.6 Å². The molecule has 3 heteroatoms. The molecule has 0 spiro atoms. The van der Waals surface area contributed by atoms with Crippen molar-refractivity contribution in [2.45, 2.75) is 51.9 Å². The Balaban J connectivity index is 0.000001000. The first-order valence-electron chi connectivity index (χ1n) is 4.13. The van der Waals surface area contributed by atoms with Crippen LogP contribution >= 0.6 is 0 Å². The monoisotopic (exact) mass is 160 g/mol. The highest BCUT2D eigenvalue weighted by Gasteiger charge is 2.25. The molecule has 0 amide bonds. The fraction of sp³-hybridized carbons (Fsp3) is 1.00. The van der Waals surface area contributed by atoms with E-state index in [1.165, 1.54) is 0 Å². The minimum absolute atomic E-state index is 0. The molecule has 4 unspecified atom stereocenters. The summed E-state index contributed by atoms with van der Waals surface area (Å²) >= 11 is 0. The summed E-state index contributed by atoms with van der Waals surface area (Å²) in [6, 6.07) is 2.41. The number of hydrogen-bond acceptors (Lipinski definition) is 2. The SMILES string of the molecule is CC1NC(C)C(C)NC1C.O. The lowest BCUT2D eigenvalue weighted by atomic mass is 10.0. The maximum Gasteiger partial charge on any atom is 0.0193 e. The van der Waals surface area contributed by atoms with Gasteiger partial charge in [0.2, 0.25) is 0 Å². The number of piperazine rings is 1. The first-order valence-corrected chi connectivity index (χ1v) is 4.13. The molecule has 68 valence electrons. The van der Waals surface area contributed by atoms with Crippen LogP contribution in [0.4, 0.5) is 0 Å². The molecule has 1 aliphatic rings. The molecule has 0 radical (unpaired) electrons. The third kappa shape index (κ3) is 2.43. The van der Waals surface area contributed by atoms with Crippen molar-refractivity contribution in [1.82, 2.24) is 10.6 Å². The summed E-state index contributed by atoms with van der Waals surface area (Å²) in [7, 11) is 0. The van der Waals surface area contributed by atoms with E-state index in [1.54, 1.807) is 0 Å². The van der Waals surface area contributed by atoms with Crippen molar-refractivity contribution in [1.29, 1.82) is 0 Å². The van der Waals surface area contributed by atoms with Crippen LogP contribution in [-0.2, 0) is 0 Å². The zero-order chi connectivity index (χ0) is 7.72. The van der Waals surface area contributed by atoms with Crippen molar-refractivity contribution >= 4 is 0 Å². The van der Waals surface area contributed by atoms with Gasteiger partial charge in [-0.2, -0.15) is 0 Å². The number of nitrogens with one attached hydrogen (secondary N) is 2. The minimum Gasteiger partial charge on any atom is -0.412 e. The lowest BCUT2D eigenvalue weighted by Crippen LogP contribution is -2.62. The van der Waals surface area contributed by atoms with E-state index in [-0.39, 0.29) is 5.48 Å². The van der Waals surface area contributed by atoms with Crippen molar-refractivity contribution < 1.29 is 5.48 Å². The van der Waals surface area contributed by atoms with Crippen molar-refractivity contribution in [3.8, 4) is 0 Å². The molecule has 1 heterocycles. The molecule has 0 aromatic carbocycles. The third-order valence-corrected chi connectivity index (χ3v) is 2.55. The van der Waals surface area contributed by atoms with Gasteiger partial charge in [0, 0.05) is 24.2 Å². The number of rotatable bonds is 0. The molecule has 0 bridgehead atoms. The Morgan fingerprint density at radius 2 is 0.818 bits per heavy atom. The van der Waals surface area contributed by atoms with Gasteiger partial charge in [0.05, 0.1) is 0 Å². The molecule has 1 rings (SSSR count). The fourth-order valence-electron chi connectivity index (χ4n) is 1.41. The summed E-state index contributed by atoms with van der Waals surface area (Å²) in [5.41, 5.74) is 0. The quantitative estimate of drug-likeness (QED) is 0.520. The van der Waals surface area contributed by atoms with Crippen molar-refractivity contribution in [3.05, 3.63) is 0 Å². The molecule has 1 fully saturated rings. The van der Waals surface area contributed by atoms with Gasteiger partial charge in [0.1, 0.15) is 0 Å². The summed E-state index contributed by atoms with van der Waals surface area (Å²) in [5.74, 6) is 0. The second kappa shape index (κ2) is 4.04. The van der Waals surface area contributed by atoms with Gasteiger partial charge in [-0.15, -0.1) is 0 Å². The summed E-state index contributed by atoms with van der Waals surface area (Å²) in [4.78, 5) is 0. The summed E-state index contributed by atoms with van der Waals surface area (Å²) in [5, 5.41) is 7.03. The van der Waals surface area contributed by atoms with Crippen LogP contribution in [0, 0.1) is 0 Å². The Morgan fingerprint density at radius 3 is 1.00 bits per heavy atom. The van der Waals surface area contributed by atoms with Gasteiger partial charge in [-0.1, -0.05) is 0 Å². The molecule has 11 heavy (non-hydrogen) atoms. The van der Waals surface area contributed by atoms with Crippen LogP contribution < -0.4 is 10.6 Å². The van der Waals surface area contributed by atoms with Crippen molar-refractivity contribution in [2.24, 2.45) is 0 Å². The van der Waals surface area contributed by atoms with E-state index >= 15 is 0 Å². The topological polar surface area (TPSA) is 55.6 Å². The lowest BCUT2D eigenvalue weighted by Gasteiger charge is -2.38. The predicted octanol–water partition coefficient (Wildman–Crippen LogP) is -0.0915. The van der Waals surface area contributed by atoms with Crippen molar-refractivity contribution in [3.63, 3.8) is 0 Å². The Morgan fingerprint density at radius 1 is 0.636 bits per heavy atom. The lowest BCUT2D eigenvalue weighted by molar-refractivity contribution is 0.250. The average Bonchev–Trinajstić information content (AvgIpc) is 1.84. The van der Waals surface area contributed by atoms with Gasteiger partial charge in [-0.25, -0.2) is 0 Å². The molecule has 1 saturated heterocycles. The molecular formula is C8H20N2O. The van der Waals surface area contributed by atoms with Gasteiger partial charge in [0.15, 0.2) is 0 Å². The maximum atomic E-state index is 3.52. The van der Waals surface area contributed by atoms with Crippen LogP contribution in [0.3, 0.4) is 0 Å². The van der Waals surface area contributed by atoms with E-state index in [4.69, 9.17) is 0 Å². The highest BCUT2D eigenvalue weighted by Crippen LogP contribution is 2.05. The molecule has 0 aliphatic carbocycles. The maximum absolute atomic E-state index is 3.52. The van der Waals surface area contributed by atoms with Crippen molar-refractivity contribution in [2.75, 3.05) is 0 Å². The first-order chi connectivity index (χ1) is 4.61. The largest absolute Gasteiger partial charge is 0.412 e. The molecule has 4 atom stereocenters. The molecule has 3 nitrogen and oxygen atoms in total. The van der Waals surface area contributed by atoms with Gasteiger partial charge in [-0.05, 0) is 27.7 Å². The van der Waals surface area contributed by atoms with E-state index in [1.807, 2.05) is 0 Å². The average molecular weight is 160 g/mol. The third-order valence-electron chi connectivity index (χ3n) is 2.55. The summed E-state index contributed by atoms with van der Waals surface area (Å²) in [6.07, 6.45) is 0.